The molecule has 0 saturated carbocycles. The molecule has 1 amide bonds. The average Bonchev–Trinajstić information content (AvgIpc) is 3.64. The molecule has 0 heterocycles. The Kier molecular flexibility index (Phi) is 67.2. The summed E-state index contributed by atoms with van der Waals surface area (Å²) in [5, 5.41) is 14.0. The number of nitrogens with zero attached hydrogens (tertiary/aromatic N) is 1. The van der Waals surface area contributed by atoms with Crippen LogP contribution in [0.25, 0.3) is 0 Å². The molecule has 0 aliphatic carbocycles. The molecule has 3 unspecified atom stereocenters. The third kappa shape index (κ3) is 71.1. The zero-order chi connectivity index (χ0) is 64.1. The van der Waals surface area contributed by atoms with E-state index in [-0.39, 0.29) is 19.1 Å². The van der Waals surface area contributed by atoms with Gasteiger partial charge < -0.3 is 19.8 Å². The van der Waals surface area contributed by atoms with Gasteiger partial charge in [-0.1, -0.05) is 362 Å². The number of amides is 1. The van der Waals surface area contributed by atoms with Crippen LogP contribution in [0.15, 0.2) is 85.1 Å². The fourth-order valence-electron chi connectivity index (χ4n) is 11.3. The lowest BCUT2D eigenvalue weighted by Gasteiger charge is -2.25. The molecule has 0 aliphatic rings. The zero-order valence-corrected chi connectivity index (χ0v) is 59.9. The van der Waals surface area contributed by atoms with Crippen LogP contribution in [0.5, 0.6) is 0 Å². The van der Waals surface area contributed by atoms with Crippen LogP contribution in [-0.2, 0) is 18.4 Å². The molecule has 0 rings (SSSR count). The number of carbonyl (C=O) groups is 1. The van der Waals surface area contributed by atoms with Gasteiger partial charge in [0.15, 0.2) is 0 Å². The molecule has 514 valence electrons. The Bertz CT molecular complexity index is 1710. The number of allylic oxidation sites excluding steroid dienone is 13. The van der Waals surface area contributed by atoms with Crippen molar-refractivity contribution in [3.63, 3.8) is 0 Å². The molecule has 0 radical (unpaired) electrons. The van der Waals surface area contributed by atoms with Crippen molar-refractivity contribution >= 4 is 13.7 Å². The van der Waals surface area contributed by atoms with E-state index in [2.05, 4.69) is 92.1 Å². The van der Waals surface area contributed by atoms with E-state index in [1.54, 1.807) is 6.08 Å². The zero-order valence-electron chi connectivity index (χ0n) is 59.0. The molecule has 0 spiro atoms. The summed E-state index contributed by atoms with van der Waals surface area (Å²) in [4.78, 5) is 23.5. The summed E-state index contributed by atoms with van der Waals surface area (Å²) in [6.45, 7) is 4.73. The summed E-state index contributed by atoms with van der Waals surface area (Å²) < 4.78 is 23.8. The van der Waals surface area contributed by atoms with Crippen molar-refractivity contribution in [2.24, 2.45) is 0 Å². The van der Waals surface area contributed by atoms with E-state index in [0.29, 0.717) is 17.4 Å². The summed E-state index contributed by atoms with van der Waals surface area (Å²) in [6, 6.07) is -0.868. The van der Waals surface area contributed by atoms with E-state index in [4.69, 9.17) is 9.05 Å². The highest BCUT2D eigenvalue weighted by Crippen LogP contribution is 2.43. The topological polar surface area (TPSA) is 105 Å². The SMILES string of the molecule is CC/C=C\C/C=C\C/C=C\C/C=C\C/C=C\CCCCCCCCCCCCCCCCCCCCCC(=O)NC(COP(=O)(O)OCC[N+](C)(C)C)C(O)/C=C/CC/C=C/CCCCCCCCCCCCCCCCCCCCCCCCCCC. The number of nitrogens with one attached hydrogen (secondary N) is 1. The van der Waals surface area contributed by atoms with Gasteiger partial charge >= 0.3 is 7.82 Å². The Morgan fingerprint density at radius 3 is 1.05 bits per heavy atom. The highest BCUT2D eigenvalue weighted by Gasteiger charge is 2.28. The molecule has 0 aromatic carbocycles. The number of phosphoric acid groups is 1. The number of unbranched alkanes of at least 4 members (excludes halogenated alkanes) is 45. The van der Waals surface area contributed by atoms with Gasteiger partial charge in [-0.3, -0.25) is 13.8 Å². The lowest BCUT2D eigenvalue weighted by Crippen LogP contribution is -2.45. The predicted molar refractivity (Wildman–Crippen MR) is 387 cm³/mol. The fraction of sp³-hybridized carbons (Fsp3) is 0.810. The molecule has 8 nitrogen and oxygen atoms in total. The number of hydrogen-bond donors (Lipinski definition) is 3. The van der Waals surface area contributed by atoms with Crippen LogP contribution < -0.4 is 5.32 Å². The van der Waals surface area contributed by atoms with Crippen molar-refractivity contribution in [3.05, 3.63) is 85.1 Å². The number of aliphatic hydroxyl groups is 1. The smallest absolute Gasteiger partial charge is 0.387 e. The number of quaternary nitrogens is 1. The minimum atomic E-state index is -4.37. The maximum Gasteiger partial charge on any atom is 0.472 e. The van der Waals surface area contributed by atoms with E-state index < -0.39 is 20.0 Å². The van der Waals surface area contributed by atoms with Gasteiger partial charge in [-0.15, -0.1) is 0 Å². The molecule has 0 saturated heterocycles. The first-order valence-electron chi connectivity index (χ1n) is 38.0. The molecule has 3 atom stereocenters. The number of likely N-dealkylation sites (N-methyl/N-ethyl adjacent to an activating group) is 1. The van der Waals surface area contributed by atoms with Crippen LogP contribution in [0.1, 0.15) is 361 Å². The van der Waals surface area contributed by atoms with Crippen LogP contribution in [0, 0.1) is 0 Å². The van der Waals surface area contributed by atoms with E-state index >= 15 is 0 Å². The lowest BCUT2D eigenvalue weighted by atomic mass is 10.0. The molecule has 9 heteroatoms. The predicted octanol–water partition coefficient (Wildman–Crippen LogP) is 24.7. The number of rotatable bonds is 70. The summed E-state index contributed by atoms with van der Waals surface area (Å²) in [6.07, 6.45) is 99.1. The summed E-state index contributed by atoms with van der Waals surface area (Å²) in [7, 11) is 1.56. The third-order valence-electron chi connectivity index (χ3n) is 17.1. The second-order valence-electron chi connectivity index (χ2n) is 27.0. The molecule has 0 aromatic heterocycles. The van der Waals surface area contributed by atoms with Crippen molar-refractivity contribution in [1.29, 1.82) is 0 Å². The highest BCUT2D eigenvalue weighted by atomic mass is 31.2. The number of hydrogen-bond acceptors (Lipinski definition) is 5. The van der Waals surface area contributed by atoms with E-state index in [1.807, 2.05) is 27.2 Å². The second-order valence-corrected chi connectivity index (χ2v) is 28.4. The van der Waals surface area contributed by atoms with Gasteiger partial charge in [0.25, 0.3) is 0 Å². The first-order valence-corrected chi connectivity index (χ1v) is 39.5. The Hall–Kier alpha value is -2.32. The minimum Gasteiger partial charge on any atom is -0.387 e. The maximum atomic E-state index is 13.1. The highest BCUT2D eigenvalue weighted by molar-refractivity contribution is 7.47. The van der Waals surface area contributed by atoms with Crippen molar-refractivity contribution in [2.45, 2.75) is 373 Å². The summed E-state index contributed by atoms with van der Waals surface area (Å²) in [5.41, 5.74) is 0. The molecular weight excluding hydrogens is 1100 g/mol. The van der Waals surface area contributed by atoms with E-state index in [0.717, 1.165) is 70.6 Å². The molecular formula is C79H148N2O6P+. The quantitative estimate of drug-likeness (QED) is 0.0243. The first-order chi connectivity index (χ1) is 43.0. The van der Waals surface area contributed by atoms with E-state index in [9.17, 15) is 19.4 Å². The van der Waals surface area contributed by atoms with Gasteiger partial charge in [0.05, 0.1) is 39.9 Å². The number of carbonyl (C=O) groups excluding carboxylic acids is 1. The average molecular weight is 1250 g/mol. The van der Waals surface area contributed by atoms with Crippen molar-refractivity contribution in [1.82, 2.24) is 5.32 Å². The number of aliphatic hydroxyl groups excluding tert-OH is 1. The van der Waals surface area contributed by atoms with Gasteiger partial charge in [-0.2, -0.15) is 0 Å². The van der Waals surface area contributed by atoms with Gasteiger partial charge in [0, 0.05) is 6.42 Å². The number of phosphoric ester groups is 1. The Morgan fingerprint density at radius 2 is 0.693 bits per heavy atom. The monoisotopic (exact) mass is 1250 g/mol. The van der Waals surface area contributed by atoms with Crippen molar-refractivity contribution in [3.8, 4) is 0 Å². The molecule has 0 fully saturated rings. The summed E-state index contributed by atoms with van der Waals surface area (Å²) >= 11 is 0. The van der Waals surface area contributed by atoms with Crippen LogP contribution in [0.2, 0.25) is 0 Å². The Balaban J connectivity index is 4.04. The third-order valence-corrected chi connectivity index (χ3v) is 18.1. The van der Waals surface area contributed by atoms with Gasteiger partial charge in [-0.05, 0) is 77.0 Å². The molecule has 0 aromatic rings. The molecule has 3 N–H and O–H groups in total. The fourth-order valence-corrected chi connectivity index (χ4v) is 12.0. The van der Waals surface area contributed by atoms with Gasteiger partial charge in [0.1, 0.15) is 13.2 Å². The molecule has 88 heavy (non-hydrogen) atoms. The molecule has 0 bridgehead atoms. The molecule has 0 aliphatic heterocycles. The van der Waals surface area contributed by atoms with Crippen molar-refractivity contribution < 1.29 is 32.9 Å². The Labute approximate surface area is 547 Å². The lowest BCUT2D eigenvalue weighted by molar-refractivity contribution is -0.870. The van der Waals surface area contributed by atoms with E-state index in [1.165, 1.54) is 270 Å². The Morgan fingerprint density at radius 1 is 0.398 bits per heavy atom. The standard InChI is InChI=1S/C79H147N2O6P/c1-6-8-10-12-14-16-18-20-22-24-26-28-30-32-34-36-38-39-40-41-43-45-47-49-51-53-55-57-59-61-63-65-67-69-71-73-79(83)80-77(76-87-88(84,85)86-75-74-81(3,4)5)78(82)72-70-68-66-64-62-60-58-56-54-52-50-48-46-44-42-37-35-33-31-29-27-25-23-21-19-17-15-13-11-9-7-2/h8,10,14,16,20,22,26,28,32,34,62,64,70,72,77-78,82H,6-7,9,11-13,15,17-19,21,23-25,27,29-31,33,35-61,63,65-69,71,73-76H2,1-5H3,(H-,80,83,84,85)/p+1/b10-8-,16-14-,22-20-,28-26-,34-32-,64-62+,72-70+. The van der Waals surface area contributed by atoms with Gasteiger partial charge in [0.2, 0.25) is 5.91 Å². The first kappa shape index (κ1) is 85.7. The maximum absolute atomic E-state index is 13.1. The minimum absolute atomic E-state index is 0.0553. The van der Waals surface area contributed by atoms with Crippen LogP contribution in [0.4, 0.5) is 0 Å². The van der Waals surface area contributed by atoms with Crippen LogP contribution in [0.3, 0.4) is 0 Å². The normalized spacial score (nSPS) is 14.0. The second kappa shape index (κ2) is 69.0. The van der Waals surface area contributed by atoms with Crippen LogP contribution >= 0.6 is 7.82 Å². The van der Waals surface area contributed by atoms with Crippen molar-refractivity contribution in [2.75, 3.05) is 40.9 Å². The largest absolute Gasteiger partial charge is 0.472 e. The van der Waals surface area contributed by atoms with Gasteiger partial charge in [-0.25, -0.2) is 4.57 Å². The van der Waals surface area contributed by atoms with Crippen LogP contribution in [-0.4, -0.2) is 73.4 Å². The summed E-state index contributed by atoms with van der Waals surface area (Å²) in [5.74, 6) is -0.182.